The molecule has 1 aromatic carbocycles. The largest absolute Gasteiger partial charge is 0.493 e. The van der Waals surface area contributed by atoms with Crippen LogP contribution < -0.4 is 14.8 Å². The van der Waals surface area contributed by atoms with E-state index in [-0.39, 0.29) is 5.91 Å². The Balaban J connectivity index is 1.48. The number of aromatic amines is 1. The number of carbonyl (C=O) groups excluding carboxylic acids is 1. The molecule has 0 atom stereocenters. The normalized spacial score (nSPS) is 21.7. The van der Waals surface area contributed by atoms with Crippen LogP contribution in [0.25, 0.3) is 11.0 Å². The zero-order chi connectivity index (χ0) is 22.1. The van der Waals surface area contributed by atoms with Crippen molar-refractivity contribution in [1.29, 1.82) is 0 Å². The first-order valence-electron chi connectivity index (χ1n) is 11.0. The number of aromatic nitrogens is 3. The Morgan fingerprint density at radius 3 is 2.94 bits per heavy atom. The lowest BCUT2D eigenvalue weighted by molar-refractivity contribution is -0.131. The number of methoxy groups -OCH3 is 1. The van der Waals surface area contributed by atoms with Gasteiger partial charge in [-0.2, -0.15) is 0 Å². The zero-order valence-electron chi connectivity index (χ0n) is 18.4. The van der Waals surface area contributed by atoms with Crippen molar-refractivity contribution in [2.24, 2.45) is 5.92 Å². The summed E-state index contributed by atoms with van der Waals surface area (Å²) in [5.74, 6) is 2.70. The Hall–Kier alpha value is -3.33. The monoisotopic (exact) mass is 436 g/mol. The minimum Gasteiger partial charge on any atom is -0.493 e. The predicted molar refractivity (Wildman–Crippen MR) is 121 cm³/mol. The Labute approximate surface area is 186 Å². The quantitative estimate of drug-likeness (QED) is 0.606. The molecule has 2 N–H and O–H groups in total. The van der Waals surface area contributed by atoms with Crippen LogP contribution in [0.5, 0.6) is 11.5 Å². The second-order valence-corrected chi connectivity index (χ2v) is 8.54. The smallest absolute Gasteiger partial charge is 0.222 e. The number of ether oxygens (including phenoxy) is 2. The standard InChI is InChI=1S/C23H28N6O3/c1-28-10-15-11-29(12-15)13-16-9-24-22-21(16)23(26-14-25-22)27-17-5-6-18(31-2)19(8-17)32-7-3-4-20(28)30/h5-6,8-9,14-15H,3-4,7,10-13H2,1-2H3,(H2,24,25,26,27). The Morgan fingerprint density at radius 1 is 1.22 bits per heavy atom. The van der Waals surface area contributed by atoms with Gasteiger partial charge in [-0.25, -0.2) is 9.97 Å². The molecule has 168 valence electrons. The van der Waals surface area contributed by atoms with Gasteiger partial charge in [0.05, 0.1) is 19.1 Å². The number of hydrogen-bond acceptors (Lipinski definition) is 7. The average Bonchev–Trinajstić information content (AvgIpc) is 3.18. The summed E-state index contributed by atoms with van der Waals surface area (Å²) in [6.45, 7) is 4.00. The molecule has 3 aliphatic heterocycles. The highest BCUT2D eigenvalue weighted by atomic mass is 16.5. The van der Waals surface area contributed by atoms with Crippen LogP contribution in [0, 0.1) is 5.92 Å². The van der Waals surface area contributed by atoms with Crippen molar-refractivity contribution >= 4 is 28.4 Å². The Kier molecular flexibility index (Phi) is 5.57. The molecule has 0 saturated carbocycles. The minimum absolute atomic E-state index is 0.161. The van der Waals surface area contributed by atoms with E-state index < -0.39 is 0 Å². The van der Waals surface area contributed by atoms with Crippen molar-refractivity contribution in [1.82, 2.24) is 24.8 Å². The number of anilines is 2. The highest BCUT2D eigenvalue weighted by Crippen LogP contribution is 2.34. The van der Waals surface area contributed by atoms with Crippen molar-refractivity contribution < 1.29 is 14.3 Å². The summed E-state index contributed by atoms with van der Waals surface area (Å²) >= 11 is 0. The molecule has 3 aromatic rings. The van der Waals surface area contributed by atoms with Gasteiger partial charge < -0.3 is 24.7 Å². The van der Waals surface area contributed by atoms with E-state index in [9.17, 15) is 4.79 Å². The zero-order valence-corrected chi connectivity index (χ0v) is 18.4. The average molecular weight is 437 g/mol. The maximum atomic E-state index is 12.5. The van der Waals surface area contributed by atoms with Crippen LogP contribution in [0.2, 0.25) is 0 Å². The number of carbonyl (C=O) groups is 1. The van der Waals surface area contributed by atoms with Crippen LogP contribution in [0.4, 0.5) is 11.5 Å². The van der Waals surface area contributed by atoms with E-state index in [1.807, 2.05) is 36.3 Å². The van der Waals surface area contributed by atoms with Gasteiger partial charge in [0.25, 0.3) is 0 Å². The number of amides is 1. The van der Waals surface area contributed by atoms with Gasteiger partial charge in [-0.1, -0.05) is 0 Å². The molecule has 4 bridgehead atoms. The topological polar surface area (TPSA) is 95.6 Å². The lowest BCUT2D eigenvalue weighted by Gasteiger charge is -2.41. The van der Waals surface area contributed by atoms with E-state index in [2.05, 4.69) is 25.2 Å². The number of H-pyrrole nitrogens is 1. The molecule has 0 aliphatic carbocycles. The third-order valence-electron chi connectivity index (χ3n) is 6.15. The highest BCUT2D eigenvalue weighted by Gasteiger charge is 2.29. The van der Waals surface area contributed by atoms with Crippen LogP contribution in [0.1, 0.15) is 18.4 Å². The molecule has 9 nitrogen and oxygen atoms in total. The van der Waals surface area contributed by atoms with E-state index >= 15 is 0 Å². The van der Waals surface area contributed by atoms with Crippen molar-refractivity contribution in [3.05, 3.63) is 36.3 Å². The first-order chi connectivity index (χ1) is 15.6. The fourth-order valence-electron chi connectivity index (χ4n) is 4.50. The summed E-state index contributed by atoms with van der Waals surface area (Å²) < 4.78 is 11.4. The molecule has 6 rings (SSSR count). The van der Waals surface area contributed by atoms with Crippen molar-refractivity contribution in [3.63, 3.8) is 0 Å². The fourth-order valence-corrected chi connectivity index (χ4v) is 4.50. The van der Waals surface area contributed by atoms with Crippen molar-refractivity contribution in [2.75, 3.05) is 45.7 Å². The second-order valence-electron chi connectivity index (χ2n) is 8.54. The van der Waals surface area contributed by atoms with Crippen LogP contribution in [-0.2, 0) is 11.3 Å². The van der Waals surface area contributed by atoms with E-state index in [4.69, 9.17) is 9.47 Å². The van der Waals surface area contributed by atoms with Gasteiger partial charge in [0.2, 0.25) is 5.91 Å². The maximum Gasteiger partial charge on any atom is 0.222 e. The number of nitrogens with zero attached hydrogens (tertiary/aromatic N) is 4. The van der Waals surface area contributed by atoms with Gasteiger partial charge in [-0.05, 0) is 24.1 Å². The SMILES string of the molecule is COc1ccc2cc1OCCCC(=O)N(C)CC1CN(Cc3c[nH]c4ncnc(c34)N2)C1. The van der Waals surface area contributed by atoms with Gasteiger partial charge in [0.15, 0.2) is 11.5 Å². The molecule has 1 saturated heterocycles. The molecule has 5 heterocycles. The fraction of sp³-hybridized carbons (Fsp3) is 0.435. The lowest BCUT2D eigenvalue weighted by Crippen LogP contribution is -2.51. The molecular formula is C23H28N6O3. The Bertz CT molecular complexity index is 1120. The first-order valence-corrected chi connectivity index (χ1v) is 11.0. The summed E-state index contributed by atoms with van der Waals surface area (Å²) in [4.78, 5) is 28.9. The third kappa shape index (κ3) is 4.08. The van der Waals surface area contributed by atoms with Gasteiger partial charge in [-0.3, -0.25) is 9.69 Å². The summed E-state index contributed by atoms with van der Waals surface area (Å²) in [6, 6.07) is 5.70. The Morgan fingerprint density at radius 2 is 2.09 bits per heavy atom. The van der Waals surface area contributed by atoms with E-state index in [0.717, 1.165) is 54.3 Å². The summed E-state index contributed by atoms with van der Waals surface area (Å²) in [5, 5.41) is 4.41. The second kappa shape index (κ2) is 8.66. The summed E-state index contributed by atoms with van der Waals surface area (Å²) in [7, 11) is 3.51. The van der Waals surface area contributed by atoms with Crippen LogP contribution in [0.3, 0.4) is 0 Å². The van der Waals surface area contributed by atoms with E-state index in [1.165, 1.54) is 0 Å². The number of rotatable bonds is 1. The van der Waals surface area contributed by atoms with Crippen molar-refractivity contribution in [3.8, 4) is 11.5 Å². The number of benzene rings is 1. The van der Waals surface area contributed by atoms with Crippen LogP contribution in [-0.4, -0.2) is 71.1 Å². The van der Waals surface area contributed by atoms with E-state index in [1.54, 1.807) is 13.4 Å². The number of nitrogens with one attached hydrogen (secondary N) is 2. The molecule has 2 aromatic heterocycles. The van der Waals surface area contributed by atoms with E-state index in [0.29, 0.717) is 36.9 Å². The summed E-state index contributed by atoms with van der Waals surface area (Å²) in [5.41, 5.74) is 2.80. The number of fused-ring (bicyclic) bond motifs is 6. The molecule has 32 heavy (non-hydrogen) atoms. The maximum absolute atomic E-state index is 12.5. The third-order valence-corrected chi connectivity index (χ3v) is 6.15. The molecular weight excluding hydrogens is 408 g/mol. The van der Waals surface area contributed by atoms with Crippen LogP contribution in [0.15, 0.2) is 30.7 Å². The van der Waals surface area contributed by atoms with Gasteiger partial charge in [0, 0.05) is 63.5 Å². The minimum atomic E-state index is 0.161. The van der Waals surface area contributed by atoms with Gasteiger partial charge >= 0.3 is 0 Å². The molecule has 0 radical (unpaired) electrons. The summed E-state index contributed by atoms with van der Waals surface area (Å²) in [6.07, 6.45) is 4.69. The van der Waals surface area contributed by atoms with Crippen LogP contribution >= 0.6 is 0 Å². The van der Waals surface area contributed by atoms with Gasteiger partial charge in [0.1, 0.15) is 17.8 Å². The van der Waals surface area contributed by atoms with Gasteiger partial charge in [-0.15, -0.1) is 0 Å². The number of hydrogen-bond donors (Lipinski definition) is 2. The first kappa shape index (κ1) is 20.6. The van der Waals surface area contributed by atoms with Crippen molar-refractivity contribution in [2.45, 2.75) is 19.4 Å². The molecule has 1 amide bonds. The highest BCUT2D eigenvalue weighted by molar-refractivity contribution is 5.92. The lowest BCUT2D eigenvalue weighted by atomic mass is 9.98. The predicted octanol–water partition coefficient (Wildman–Crippen LogP) is 2.77. The molecule has 0 unspecified atom stereocenters. The molecule has 0 spiro atoms. The molecule has 9 heteroatoms. The molecule has 3 aliphatic rings. The molecule has 1 fully saturated rings.